The number of ether oxygens (including phenoxy) is 1. The van der Waals surface area contributed by atoms with Crippen LogP contribution in [0, 0.1) is 6.92 Å². The molecule has 0 bridgehead atoms. The van der Waals surface area contributed by atoms with E-state index in [1.54, 1.807) is 25.0 Å². The maximum atomic E-state index is 11.3. The molecule has 0 unspecified atom stereocenters. The van der Waals surface area contributed by atoms with Crippen molar-refractivity contribution >= 4 is 40.4 Å². The highest BCUT2D eigenvalue weighted by molar-refractivity contribution is 6.39. The Bertz CT molecular complexity index is 1610. The summed E-state index contributed by atoms with van der Waals surface area (Å²) in [7, 11) is 3.35. The lowest BCUT2D eigenvalue weighted by molar-refractivity contribution is 0.111. The van der Waals surface area contributed by atoms with Gasteiger partial charge in [0.15, 0.2) is 6.29 Å². The molecule has 0 aliphatic heterocycles. The molecular formula is C27H19Cl2N4O2. The first-order chi connectivity index (χ1) is 16.9. The van der Waals surface area contributed by atoms with Crippen LogP contribution in [0.15, 0.2) is 60.8 Å². The van der Waals surface area contributed by atoms with E-state index in [1.807, 2.05) is 54.6 Å². The Morgan fingerprint density at radius 1 is 1.00 bits per heavy atom. The predicted octanol–water partition coefficient (Wildman–Crippen LogP) is 6.67. The zero-order valence-corrected chi connectivity index (χ0v) is 20.4. The van der Waals surface area contributed by atoms with Gasteiger partial charge in [-0.1, -0.05) is 53.5 Å². The fourth-order valence-electron chi connectivity index (χ4n) is 4.11. The molecule has 0 fully saturated rings. The molecule has 8 heteroatoms. The van der Waals surface area contributed by atoms with Crippen LogP contribution in [0.25, 0.3) is 44.5 Å². The van der Waals surface area contributed by atoms with E-state index in [0.29, 0.717) is 38.6 Å². The molecule has 35 heavy (non-hydrogen) atoms. The summed E-state index contributed by atoms with van der Waals surface area (Å²) >= 11 is 13.8. The van der Waals surface area contributed by atoms with E-state index in [2.05, 4.69) is 22.0 Å². The van der Waals surface area contributed by atoms with E-state index >= 15 is 0 Å². The van der Waals surface area contributed by atoms with Gasteiger partial charge in [0.05, 0.1) is 34.1 Å². The van der Waals surface area contributed by atoms with E-state index in [-0.39, 0.29) is 0 Å². The fourth-order valence-corrected chi connectivity index (χ4v) is 4.75. The second kappa shape index (κ2) is 9.13. The second-order valence-corrected chi connectivity index (χ2v) is 8.67. The highest BCUT2D eigenvalue weighted by Gasteiger charge is 2.18. The summed E-state index contributed by atoms with van der Waals surface area (Å²) < 4.78 is 6.99. The van der Waals surface area contributed by atoms with Crippen molar-refractivity contribution in [2.45, 2.75) is 0 Å². The number of pyridine rings is 2. The first-order valence-electron chi connectivity index (χ1n) is 10.7. The number of aromatic nitrogens is 4. The Morgan fingerprint density at radius 2 is 1.77 bits per heavy atom. The number of aryl methyl sites for hydroxylation is 1. The van der Waals surface area contributed by atoms with Crippen molar-refractivity contribution in [2.24, 2.45) is 7.05 Å². The monoisotopic (exact) mass is 501 g/mol. The standard InChI is InChI=1S/C27H19Cl2N4O2/c1-15-7-10-21(31-27(15)35-3)20-6-4-5-17(24(20)28)18-11-12-30-26(25(18)29)16-8-9-19-22(14-34)32-33(2)23(19)13-16/h4-14H,1H2,2-3H3. The Hall–Kier alpha value is -3.74. The van der Waals surface area contributed by atoms with Crippen LogP contribution in [-0.2, 0) is 7.05 Å². The van der Waals surface area contributed by atoms with Crippen LogP contribution in [-0.4, -0.2) is 33.1 Å². The van der Waals surface area contributed by atoms with Crippen LogP contribution in [0.4, 0.5) is 0 Å². The summed E-state index contributed by atoms with van der Waals surface area (Å²) in [4.78, 5) is 20.4. The molecule has 0 N–H and O–H groups in total. The SMILES string of the molecule is [CH2]c1ccc(-c2cccc(-c3ccnc(-c4ccc5c(C=O)nn(C)c5c4)c3Cl)c2Cl)nc1OC. The average Bonchev–Trinajstić information content (AvgIpc) is 3.20. The Kier molecular flexibility index (Phi) is 6.01. The van der Waals surface area contributed by atoms with E-state index in [4.69, 9.17) is 27.9 Å². The lowest BCUT2D eigenvalue weighted by atomic mass is 9.99. The van der Waals surface area contributed by atoms with E-state index in [1.165, 1.54) is 0 Å². The van der Waals surface area contributed by atoms with Gasteiger partial charge < -0.3 is 4.74 Å². The van der Waals surface area contributed by atoms with Crippen molar-refractivity contribution in [1.29, 1.82) is 0 Å². The molecule has 0 atom stereocenters. The third-order valence-corrected chi connectivity index (χ3v) is 6.64. The second-order valence-electron chi connectivity index (χ2n) is 7.91. The van der Waals surface area contributed by atoms with Gasteiger partial charge in [-0.05, 0) is 31.2 Å². The molecule has 3 heterocycles. The quantitative estimate of drug-likeness (QED) is 0.251. The lowest BCUT2D eigenvalue weighted by Gasteiger charge is -2.14. The summed E-state index contributed by atoms with van der Waals surface area (Å²) in [5.74, 6) is 0.441. The molecule has 0 aliphatic rings. The van der Waals surface area contributed by atoms with Crippen LogP contribution in [0.2, 0.25) is 10.0 Å². The maximum absolute atomic E-state index is 11.3. The molecule has 6 nitrogen and oxygen atoms in total. The third-order valence-electron chi connectivity index (χ3n) is 5.85. The summed E-state index contributed by atoms with van der Waals surface area (Å²) in [6, 6.07) is 16.9. The van der Waals surface area contributed by atoms with Crippen LogP contribution in [0.5, 0.6) is 5.88 Å². The van der Waals surface area contributed by atoms with Crippen molar-refractivity contribution in [2.75, 3.05) is 7.11 Å². The number of hydrogen-bond donors (Lipinski definition) is 0. The van der Waals surface area contributed by atoms with Gasteiger partial charge in [0.2, 0.25) is 5.88 Å². The molecule has 3 aromatic heterocycles. The lowest BCUT2D eigenvalue weighted by Crippen LogP contribution is -1.95. The number of methoxy groups -OCH3 is 1. The number of aldehydes is 1. The first-order valence-corrected chi connectivity index (χ1v) is 11.4. The van der Waals surface area contributed by atoms with Gasteiger partial charge in [-0.25, -0.2) is 4.98 Å². The summed E-state index contributed by atoms with van der Waals surface area (Å²) in [6.45, 7) is 3.93. The smallest absolute Gasteiger partial charge is 0.216 e. The Morgan fingerprint density at radius 3 is 2.54 bits per heavy atom. The number of hydrogen-bond acceptors (Lipinski definition) is 5. The van der Waals surface area contributed by atoms with Crippen LogP contribution in [0.3, 0.4) is 0 Å². The number of rotatable bonds is 5. The Balaban J connectivity index is 1.63. The average molecular weight is 502 g/mol. The van der Waals surface area contributed by atoms with Crippen molar-refractivity contribution in [1.82, 2.24) is 19.7 Å². The minimum atomic E-state index is 0.391. The van der Waals surface area contributed by atoms with Gasteiger partial charge in [0.1, 0.15) is 5.69 Å². The molecule has 173 valence electrons. The normalized spacial score (nSPS) is 11.1. The molecule has 0 saturated carbocycles. The molecule has 5 aromatic rings. The molecule has 2 aromatic carbocycles. The molecule has 1 radical (unpaired) electrons. The maximum Gasteiger partial charge on any atom is 0.216 e. The van der Waals surface area contributed by atoms with E-state index in [9.17, 15) is 4.79 Å². The zero-order valence-electron chi connectivity index (χ0n) is 18.9. The summed E-state index contributed by atoms with van der Waals surface area (Å²) in [5.41, 5.74) is 6.19. The van der Waals surface area contributed by atoms with Gasteiger partial charge >= 0.3 is 0 Å². The minimum absolute atomic E-state index is 0.391. The van der Waals surface area contributed by atoms with E-state index < -0.39 is 0 Å². The highest BCUT2D eigenvalue weighted by atomic mass is 35.5. The first kappa shape index (κ1) is 23.0. The summed E-state index contributed by atoms with van der Waals surface area (Å²) in [5, 5.41) is 6.00. The highest BCUT2D eigenvalue weighted by Crippen LogP contribution is 2.42. The van der Waals surface area contributed by atoms with Crippen molar-refractivity contribution in [3.8, 4) is 39.5 Å². The summed E-state index contributed by atoms with van der Waals surface area (Å²) in [6.07, 6.45) is 2.44. The third kappa shape index (κ3) is 3.95. The number of benzene rings is 2. The molecule has 5 rings (SSSR count). The van der Waals surface area contributed by atoms with Crippen LogP contribution >= 0.6 is 23.2 Å². The topological polar surface area (TPSA) is 69.9 Å². The molecule has 0 aliphatic carbocycles. The molecular weight excluding hydrogens is 483 g/mol. The number of halogens is 2. The van der Waals surface area contributed by atoms with Gasteiger partial charge in [-0.2, -0.15) is 5.10 Å². The minimum Gasteiger partial charge on any atom is -0.481 e. The Labute approximate surface area is 212 Å². The van der Waals surface area contributed by atoms with Gasteiger partial charge in [0, 0.05) is 46.4 Å². The van der Waals surface area contributed by atoms with Crippen LogP contribution in [0.1, 0.15) is 16.1 Å². The number of nitrogens with zero attached hydrogens (tertiary/aromatic N) is 4. The largest absolute Gasteiger partial charge is 0.481 e. The van der Waals surface area contributed by atoms with Gasteiger partial charge in [-0.3, -0.25) is 14.5 Å². The van der Waals surface area contributed by atoms with E-state index in [0.717, 1.165) is 39.4 Å². The molecule has 0 spiro atoms. The van der Waals surface area contributed by atoms with Gasteiger partial charge in [-0.15, -0.1) is 0 Å². The number of fused-ring (bicyclic) bond motifs is 1. The van der Waals surface area contributed by atoms with Gasteiger partial charge in [0.25, 0.3) is 0 Å². The zero-order chi connectivity index (χ0) is 24.7. The van der Waals surface area contributed by atoms with Crippen molar-refractivity contribution in [3.63, 3.8) is 0 Å². The predicted molar refractivity (Wildman–Crippen MR) is 139 cm³/mol. The number of carbonyl (C=O) groups excluding carboxylic acids is 1. The van der Waals surface area contributed by atoms with Crippen molar-refractivity contribution in [3.05, 3.63) is 89.0 Å². The molecule has 0 amide bonds. The fraction of sp³-hybridized carbons (Fsp3) is 0.0741. The van der Waals surface area contributed by atoms with Crippen molar-refractivity contribution < 1.29 is 9.53 Å². The van der Waals surface area contributed by atoms with Crippen LogP contribution < -0.4 is 4.74 Å². The molecule has 0 saturated heterocycles. The number of carbonyl (C=O) groups is 1.